The van der Waals surface area contributed by atoms with Crippen LogP contribution in [0.2, 0.25) is 0 Å². The lowest BCUT2D eigenvalue weighted by Crippen LogP contribution is -2.55. The Morgan fingerprint density at radius 1 is 0.926 bits per heavy atom. The first-order chi connectivity index (χ1) is 12.6. The molecule has 2 aromatic carbocycles. The molecule has 0 aliphatic rings. The normalized spacial score (nSPS) is 11.4. The predicted molar refractivity (Wildman–Crippen MR) is 108 cm³/mol. The lowest BCUT2D eigenvalue weighted by atomic mass is 10.0. The van der Waals surface area contributed by atoms with Crippen LogP contribution in [-0.2, 0) is 0 Å². The van der Waals surface area contributed by atoms with Crippen molar-refractivity contribution in [2.24, 2.45) is 0 Å². The number of rotatable bonds is 2. The Hall–Kier alpha value is -3.08. The number of aromatic amines is 1. The zero-order chi connectivity index (χ0) is 19.8. The van der Waals surface area contributed by atoms with Gasteiger partial charge < -0.3 is 4.98 Å². The Bertz CT molecular complexity index is 992. The Morgan fingerprint density at radius 3 is 2.22 bits per heavy atom. The molecule has 0 saturated carbocycles. The third kappa shape index (κ3) is 4.03. The van der Waals surface area contributed by atoms with E-state index in [9.17, 15) is 9.59 Å². The van der Waals surface area contributed by atoms with Gasteiger partial charge in [0.15, 0.2) is 0 Å². The maximum absolute atomic E-state index is 13.1. The Labute approximate surface area is 159 Å². The van der Waals surface area contributed by atoms with E-state index in [1.54, 1.807) is 12.1 Å². The topological polar surface area (TPSA) is 65.2 Å². The van der Waals surface area contributed by atoms with Crippen LogP contribution >= 0.6 is 0 Å². The molecule has 0 spiro atoms. The molecule has 2 amide bonds. The highest BCUT2D eigenvalue weighted by Gasteiger charge is 2.30. The molecule has 0 aliphatic heterocycles. The van der Waals surface area contributed by atoms with Gasteiger partial charge in [-0.2, -0.15) is 0 Å². The fourth-order valence-electron chi connectivity index (χ4n) is 3.11. The smallest absolute Gasteiger partial charge is 0.272 e. The number of hydrazine groups is 1. The second-order valence-electron chi connectivity index (χ2n) is 7.91. The zero-order valence-electron chi connectivity index (χ0n) is 16.4. The molecule has 0 saturated heterocycles. The number of carbonyl (C=O) groups excluding carboxylic acids is 2. The highest BCUT2D eigenvalue weighted by atomic mass is 16.2. The highest BCUT2D eigenvalue weighted by molar-refractivity contribution is 6.01. The van der Waals surface area contributed by atoms with Crippen LogP contribution in [-0.4, -0.2) is 27.3 Å². The second-order valence-corrected chi connectivity index (χ2v) is 7.91. The molecule has 0 fully saturated rings. The number of hydrogen-bond acceptors (Lipinski definition) is 2. The number of nitrogens with one attached hydrogen (secondary N) is 2. The second kappa shape index (κ2) is 6.91. The SMILES string of the molecule is Cc1cc(C)cc(C(=O)N(NC(=O)c2ccc3cc[nH]c3c2)C(C)(C)C)c1. The van der Waals surface area contributed by atoms with Crippen LogP contribution in [0.4, 0.5) is 0 Å². The minimum absolute atomic E-state index is 0.233. The average Bonchev–Trinajstić information content (AvgIpc) is 3.04. The Balaban J connectivity index is 1.90. The molecule has 0 unspecified atom stereocenters. The minimum Gasteiger partial charge on any atom is -0.361 e. The van der Waals surface area contributed by atoms with Crippen molar-refractivity contribution >= 4 is 22.7 Å². The van der Waals surface area contributed by atoms with Gasteiger partial charge in [0.2, 0.25) is 0 Å². The van der Waals surface area contributed by atoms with Crippen LogP contribution in [0.1, 0.15) is 52.6 Å². The van der Waals surface area contributed by atoms with Crippen molar-refractivity contribution in [2.45, 2.75) is 40.2 Å². The van der Waals surface area contributed by atoms with Crippen molar-refractivity contribution in [1.82, 2.24) is 15.4 Å². The van der Waals surface area contributed by atoms with Gasteiger partial charge in [0.25, 0.3) is 11.8 Å². The van der Waals surface area contributed by atoms with Crippen LogP contribution < -0.4 is 5.43 Å². The van der Waals surface area contributed by atoms with Gasteiger partial charge in [0.1, 0.15) is 0 Å². The number of aryl methyl sites for hydroxylation is 2. The van der Waals surface area contributed by atoms with Gasteiger partial charge in [0.05, 0.1) is 5.54 Å². The summed E-state index contributed by atoms with van der Waals surface area (Å²) in [4.78, 5) is 29.1. The van der Waals surface area contributed by atoms with E-state index in [0.717, 1.165) is 22.0 Å². The van der Waals surface area contributed by atoms with E-state index >= 15 is 0 Å². The molecule has 0 radical (unpaired) electrons. The molecule has 3 rings (SSSR count). The minimum atomic E-state index is -0.582. The molecular formula is C22H25N3O2. The molecule has 0 aliphatic carbocycles. The third-order valence-corrected chi connectivity index (χ3v) is 4.37. The van der Waals surface area contributed by atoms with Gasteiger partial charge in [-0.25, -0.2) is 5.01 Å². The third-order valence-electron chi connectivity index (χ3n) is 4.37. The zero-order valence-corrected chi connectivity index (χ0v) is 16.4. The van der Waals surface area contributed by atoms with Crippen molar-refractivity contribution in [3.05, 3.63) is 70.9 Å². The van der Waals surface area contributed by atoms with Gasteiger partial charge in [-0.1, -0.05) is 23.3 Å². The summed E-state index contributed by atoms with van der Waals surface area (Å²) >= 11 is 0. The van der Waals surface area contributed by atoms with Crippen LogP contribution in [0.25, 0.3) is 10.9 Å². The Kier molecular flexibility index (Phi) is 4.79. The number of fused-ring (bicyclic) bond motifs is 1. The van der Waals surface area contributed by atoms with Crippen LogP contribution in [0, 0.1) is 13.8 Å². The number of hydrogen-bond donors (Lipinski definition) is 2. The quantitative estimate of drug-likeness (QED) is 0.664. The summed E-state index contributed by atoms with van der Waals surface area (Å²) in [5, 5.41) is 2.44. The first-order valence-electron chi connectivity index (χ1n) is 8.96. The molecule has 140 valence electrons. The van der Waals surface area contributed by atoms with E-state index in [-0.39, 0.29) is 11.8 Å². The molecule has 27 heavy (non-hydrogen) atoms. The van der Waals surface area contributed by atoms with Crippen LogP contribution in [0.3, 0.4) is 0 Å². The molecule has 0 atom stereocenters. The van der Waals surface area contributed by atoms with Gasteiger partial charge >= 0.3 is 0 Å². The summed E-state index contributed by atoms with van der Waals surface area (Å²) in [5.41, 5.74) is 6.17. The summed E-state index contributed by atoms with van der Waals surface area (Å²) in [7, 11) is 0. The van der Waals surface area contributed by atoms with Gasteiger partial charge in [-0.05, 0) is 70.3 Å². The number of H-pyrrole nitrogens is 1. The molecule has 3 aromatic rings. The van der Waals surface area contributed by atoms with Gasteiger partial charge in [-0.15, -0.1) is 0 Å². The largest absolute Gasteiger partial charge is 0.361 e. The summed E-state index contributed by atoms with van der Waals surface area (Å²) in [6, 6.07) is 13.1. The van der Waals surface area contributed by atoms with Gasteiger partial charge in [-0.3, -0.25) is 15.0 Å². The number of carbonyl (C=O) groups is 2. The number of benzene rings is 2. The first-order valence-corrected chi connectivity index (χ1v) is 8.96. The number of amides is 2. The molecule has 1 heterocycles. The fraction of sp³-hybridized carbons (Fsp3) is 0.273. The van der Waals surface area contributed by atoms with Crippen molar-refractivity contribution in [3.8, 4) is 0 Å². The molecule has 5 nitrogen and oxygen atoms in total. The lowest BCUT2D eigenvalue weighted by Gasteiger charge is -2.35. The molecule has 5 heteroatoms. The van der Waals surface area contributed by atoms with E-state index < -0.39 is 5.54 Å². The summed E-state index contributed by atoms with van der Waals surface area (Å²) in [5.74, 6) is -0.553. The molecule has 1 aromatic heterocycles. The van der Waals surface area contributed by atoms with Crippen molar-refractivity contribution in [2.75, 3.05) is 0 Å². The molecular weight excluding hydrogens is 338 g/mol. The van der Waals surface area contributed by atoms with Crippen molar-refractivity contribution in [1.29, 1.82) is 0 Å². The van der Waals surface area contributed by atoms with Crippen LogP contribution in [0.15, 0.2) is 48.7 Å². The highest BCUT2D eigenvalue weighted by Crippen LogP contribution is 2.19. The average molecular weight is 363 g/mol. The predicted octanol–water partition coefficient (Wildman–Crippen LogP) is 4.37. The summed E-state index contributed by atoms with van der Waals surface area (Å²) in [6.45, 7) is 9.58. The van der Waals surface area contributed by atoms with E-state index in [0.29, 0.717) is 11.1 Å². The van der Waals surface area contributed by atoms with Crippen LogP contribution in [0.5, 0.6) is 0 Å². The van der Waals surface area contributed by atoms with E-state index in [4.69, 9.17) is 0 Å². The fourth-order valence-corrected chi connectivity index (χ4v) is 3.11. The maximum atomic E-state index is 13.1. The first kappa shape index (κ1) is 18.7. The standard InChI is InChI=1S/C22H25N3O2/c1-14-10-15(2)12-18(11-14)21(27)25(22(3,4)5)24-20(26)17-7-6-16-8-9-23-19(16)13-17/h6-13,23H,1-5H3,(H,24,26). The Morgan fingerprint density at radius 2 is 1.59 bits per heavy atom. The van der Waals surface area contributed by atoms with Gasteiger partial charge in [0, 0.05) is 22.8 Å². The van der Waals surface area contributed by atoms with Crippen molar-refractivity contribution < 1.29 is 9.59 Å². The maximum Gasteiger partial charge on any atom is 0.272 e. The van der Waals surface area contributed by atoms with E-state index in [1.807, 2.05) is 71.1 Å². The summed E-state index contributed by atoms with van der Waals surface area (Å²) < 4.78 is 0. The lowest BCUT2D eigenvalue weighted by molar-refractivity contribution is 0.0358. The van der Waals surface area contributed by atoms with E-state index in [1.165, 1.54) is 5.01 Å². The molecule has 2 N–H and O–H groups in total. The van der Waals surface area contributed by atoms with E-state index in [2.05, 4.69) is 10.4 Å². The summed E-state index contributed by atoms with van der Waals surface area (Å²) in [6.07, 6.45) is 1.83. The number of nitrogens with zero attached hydrogens (tertiary/aromatic N) is 1. The molecule has 0 bridgehead atoms. The van der Waals surface area contributed by atoms with Crippen molar-refractivity contribution in [3.63, 3.8) is 0 Å². The number of aromatic nitrogens is 1. The monoisotopic (exact) mass is 363 g/mol.